The van der Waals surface area contributed by atoms with Crippen molar-refractivity contribution in [2.24, 2.45) is 0 Å². The highest BCUT2D eigenvalue weighted by atomic mass is 32.2. The third-order valence-electron chi connectivity index (χ3n) is 1.92. The minimum Gasteiger partial charge on any atom is -0.480 e. The van der Waals surface area contributed by atoms with Crippen molar-refractivity contribution in [1.29, 1.82) is 0 Å². The quantitative estimate of drug-likeness (QED) is 0.733. The Bertz CT molecular complexity index is 540. The fourth-order valence-electron chi connectivity index (χ4n) is 1.14. The largest absolute Gasteiger partial charge is 0.480 e. The van der Waals surface area contributed by atoms with Gasteiger partial charge in [-0.1, -0.05) is 18.1 Å². The van der Waals surface area contributed by atoms with Gasteiger partial charge in [0.25, 0.3) is 0 Å². The number of terminal acetylenes is 1. The van der Waals surface area contributed by atoms with E-state index in [4.69, 9.17) is 11.5 Å². The average Bonchev–Trinajstić information content (AvgIpc) is 2.27. The predicted octanol–water partition coefficient (Wildman–Crippen LogP) is 0.172. The first kappa shape index (κ1) is 13.2. The van der Waals surface area contributed by atoms with E-state index in [1.807, 2.05) is 4.72 Å². The molecule has 0 heterocycles. The third-order valence-corrected chi connectivity index (χ3v) is 3.22. The summed E-state index contributed by atoms with van der Waals surface area (Å²) in [5.41, 5.74) is 1.20. The Hall–Kier alpha value is -1.84. The van der Waals surface area contributed by atoms with Gasteiger partial charge in [0, 0.05) is 5.56 Å². The van der Waals surface area contributed by atoms with Crippen LogP contribution in [0.1, 0.15) is 11.1 Å². The first-order valence-corrected chi connectivity index (χ1v) is 6.33. The van der Waals surface area contributed by atoms with Gasteiger partial charge in [0.15, 0.2) is 0 Å². The van der Waals surface area contributed by atoms with Crippen LogP contribution < -0.4 is 4.72 Å². The van der Waals surface area contributed by atoms with Crippen molar-refractivity contribution in [3.05, 3.63) is 35.4 Å². The van der Waals surface area contributed by atoms with E-state index in [1.165, 1.54) is 0 Å². The number of carbonyl (C=O) groups is 1. The van der Waals surface area contributed by atoms with E-state index < -0.39 is 22.5 Å². The van der Waals surface area contributed by atoms with Gasteiger partial charge in [-0.15, -0.1) is 6.42 Å². The number of rotatable bonds is 5. The van der Waals surface area contributed by atoms with Crippen LogP contribution >= 0.6 is 0 Å². The Labute approximate surface area is 99.5 Å². The summed E-state index contributed by atoms with van der Waals surface area (Å²) in [5.74, 6) is 0.916. The Morgan fingerprint density at radius 3 is 2.41 bits per heavy atom. The maximum atomic E-state index is 11.4. The number of sulfonamides is 1. The maximum Gasteiger partial charge on any atom is 0.318 e. The zero-order chi connectivity index (χ0) is 12.9. The molecule has 5 nitrogen and oxygen atoms in total. The molecule has 0 fully saturated rings. The third kappa shape index (κ3) is 4.68. The van der Waals surface area contributed by atoms with E-state index in [1.54, 1.807) is 24.3 Å². The second kappa shape index (κ2) is 5.48. The topological polar surface area (TPSA) is 83.5 Å². The molecule has 1 rings (SSSR count). The molecule has 0 atom stereocenters. The number of aliphatic carboxylic acids is 1. The van der Waals surface area contributed by atoms with Crippen molar-refractivity contribution in [1.82, 2.24) is 4.72 Å². The number of benzene rings is 1. The van der Waals surface area contributed by atoms with Gasteiger partial charge < -0.3 is 5.11 Å². The molecular weight excluding hydrogens is 242 g/mol. The number of hydrogen-bond acceptors (Lipinski definition) is 3. The van der Waals surface area contributed by atoms with Crippen LogP contribution in [0.2, 0.25) is 0 Å². The standard InChI is InChI=1S/C11H11NO4S/c1-2-9-3-5-10(6-4-9)8-17(15,16)12-7-11(13)14/h1,3-6,12H,7-8H2,(H,13,14). The van der Waals surface area contributed by atoms with E-state index in [0.717, 1.165) is 0 Å². The zero-order valence-corrected chi connectivity index (χ0v) is 9.70. The van der Waals surface area contributed by atoms with Crippen molar-refractivity contribution in [3.63, 3.8) is 0 Å². The molecule has 0 aromatic heterocycles. The van der Waals surface area contributed by atoms with Gasteiger partial charge in [-0.3, -0.25) is 4.79 Å². The highest BCUT2D eigenvalue weighted by molar-refractivity contribution is 7.88. The first-order valence-electron chi connectivity index (χ1n) is 4.67. The Morgan fingerprint density at radius 2 is 1.94 bits per heavy atom. The normalized spacial score (nSPS) is 10.8. The van der Waals surface area contributed by atoms with Crippen LogP contribution in [0.15, 0.2) is 24.3 Å². The lowest BCUT2D eigenvalue weighted by Crippen LogP contribution is -2.30. The van der Waals surface area contributed by atoms with E-state index in [-0.39, 0.29) is 5.75 Å². The summed E-state index contributed by atoms with van der Waals surface area (Å²) in [6.07, 6.45) is 5.16. The van der Waals surface area contributed by atoms with E-state index in [2.05, 4.69) is 5.92 Å². The lowest BCUT2D eigenvalue weighted by Gasteiger charge is -2.04. The molecule has 0 bridgehead atoms. The van der Waals surface area contributed by atoms with Crippen LogP contribution in [0.25, 0.3) is 0 Å². The molecule has 0 aliphatic carbocycles. The summed E-state index contributed by atoms with van der Waals surface area (Å²) in [6, 6.07) is 6.44. The van der Waals surface area contributed by atoms with Gasteiger partial charge >= 0.3 is 5.97 Å². The Balaban J connectivity index is 2.70. The van der Waals surface area contributed by atoms with Crippen molar-refractivity contribution >= 4 is 16.0 Å². The highest BCUT2D eigenvalue weighted by Gasteiger charge is 2.12. The average molecular weight is 253 g/mol. The minimum absolute atomic E-state index is 0.273. The van der Waals surface area contributed by atoms with Gasteiger partial charge in [-0.2, -0.15) is 0 Å². The fourth-order valence-corrected chi connectivity index (χ4v) is 2.22. The number of nitrogens with one attached hydrogen (secondary N) is 1. The summed E-state index contributed by atoms with van der Waals surface area (Å²) < 4.78 is 24.9. The summed E-state index contributed by atoms with van der Waals surface area (Å²) >= 11 is 0. The molecule has 2 N–H and O–H groups in total. The molecule has 90 valence electrons. The monoisotopic (exact) mass is 253 g/mol. The molecule has 1 aromatic carbocycles. The summed E-state index contributed by atoms with van der Waals surface area (Å²) in [7, 11) is -3.63. The van der Waals surface area contributed by atoms with Crippen LogP contribution in [0.5, 0.6) is 0 Å². The molecule has 0 unspecified atom stereocenters. The molecular formula is C11H11NO4S. The van der Waals surface area contributed by atoms with Crippen molar-refractivity contribution in [2.75, 3.05) is 6.54 Å². The Kier molecular flexibility index (Phi) is 4.26. The molecule has 0 saturated heterocycles. The van der Waals surface area contributed by atoms with E-state index >= 15 is 0 Å². The SMILES string of the molecule is C#Cc1ccc(CS(=O)(=O)NCC(=O)O)cc1. The minimum atomic E-state index is -3.63. The van der Waals surface area contributed by atoms with Gasteiger partial charge in [-0.05, 0) is 17.7 Å². The molecule has 0 amide bonds. The maximum absolute atomic E-state index is 11.4. The van der Waals surface area contributed by atoms with Crippen molar-refractivity contribution in [2.45, 2.75) is 5.75 Å². The van der Waals surface area contributed by atoms with Crippen molar-refractivity contribution < 1.29 is 18.3 Å². The van der Waals surface area contributed by atoms with Gasteiger partial charge in [0.1, 0.15) is 6.54 Å². The second-order valence-electron chi connectivity index (χ2n) is 3.32. The molecule has 1 aromatic rings. The first-order chi connectivity index (χ1) is 7.93. The molecule has 0 spiro atoms. The zero-order valence-electron chi connectivity index (χ0n) is 8.88. The number of carboxylic acids is 1. The van der Waals surface area contributed by atoms with Crippen LogP contribution in [0, 0.1) is 12.3 Å². The molecule has 0 aliphatic rings. The lowest BCUT2D eigenvalue weighted by atomic mass is 10.2. The second-order valence-corrected chi connectivity index (χ2v) is 5.12. The summed E-state index contributed by atoms with van der Waals surface area (Å²) in [5, 5.41) is 8.36. The van der Waals surface area contributed by atoms with E-state index in [9.17, 15) is 13.2 Å². The molecule has 17 heavy (non-hydrogen) atoms. The number of carboxylic acid groups (broad SMARTS) is 1. The van der Waals surface area contributed by atoms with Crippen molar-refractivity contribution in [3.8, 4) is 12.3 Å². The lowest BCUT2D eigenvalue weighted by molar-refractivity contribution is -0.135. The van der Waals surface area contributed by atoms with Crippen LogP contribution in [-0.2, 0) is 20.6 Å². The van der Waals surface area contributed by atoms with Crippen LogP contribution in [0.4, 0.5) is 0 Å². The molecule has 0 saturated carbocycles. The van der Waals surface area contributed by atoms with Crippen LogP contribution in [-0.4, -0.2) is 26.0 Å². The predicted molar refractivity (Wildman–Crippen MR) is 62.6 cm³/mol. The fraction of sp³-hybridized carbons (Fsp3) is 0.182. The number of hydrogen-bond donors (Lipinski definition) is 2. The summed E-state index contributed by atoms with van der Waals surface area (Å²) in [6.45, 7) is -0.620. The Morgan fingerprint density at radius 1 is 1.35 bits per heavy atom. The van der Waals surface area contributed by atoms with E-state index in [0.29, 0.717) is 11.1 Å². The molecule has 0 radical (unpaired) electrons. The summed E-state index contributed by atoms with van der Waals surface area (Å²) in [4.78, 5) is 10.2. The molecule has 0 aliphatic heterocycles. The van der Waals surface area contributed by atoms with Gasteiger partial charge in [-0.25, -0.2) is 13.1 Å². The highest BCUT2D eigenvalue weighted by Crippen LogP contribution is 2.06. The van der Waals surface area contributed by atoms with Gasteiger partial charge in [0.2, 0.25) is 10.0 Å². The van der Waals surface area contributed by atoms with Crippen LogP contribution in [0.3, 0.4) is 0 Å². The van der Waals surface area contributed by atoms with Gasteiger partial charge in [0.05, 0.1) is 5.75 Å². The molecule has 6 heteroatoms. The smallest absolute Gasteiger partial charge is 0.318 e.